The number of nitrogens with one attached hydrogen (secondary N) is 1. The molecule has 2 aliphatic rings. The molecule has 1 aromatic heterocycles. The van der Waals surface area contributed by atoms with Gasteiger partial charge in [-0.2, -0.15) is 0 Å². The summed E-state index contributed by atoms with van der Waals surface area (Å²) in [4.78, 5) is 7.24. The second-order valence-electron chi connectivity index (χ2n) is 6.40. The van der Waals surface area contributed by atoms with Crippen molar-refractivity contribution >= 4 is 22.2 Å². The Labute approximate surface area is 136 Å². The van der Waals surface area contributed by atoms with Gasteiger partial charge < -0.3 is 10.2 Å². The van der Waals surface area contributed by atoms with Gasteiger partial charge in [-0.3, -0.25) is 0 Å². The van der Waals surface area contributed by atoms with Gasteiger partial charge in [0, 0.05) is 35.8 Å². The van der Waals surface area contributed by atoms with Gasteiger partial charge >= 0.3 is 0 Å². The summed E-state index contributed by atoms with van der Waals surface area (Å²) in [6.07, 6.45) is 7.94. The van der Waals surface area contributed by atoms with Crippen molar-refractivity contribution in [3.63, 3.8) is 0 Å². The maximum atomic E-state index is 4.76. The lowest BCUT2D eigenvalue weighted by atomic mass is 10.1. The first-order valence-corrected chi connectivity index (χ1v) is 9.34. The van der Waals surface area contributed by atoms with Crippen LogP contribution in [0.4, 0.5) is 10.8 Å². The van der Waals surface area contributed by atoms with E-state index in [1.807, 2.05) is 0 Å². The van der Waals surface area contributed by atoms with Gasteiger partial charge in [0.2, 0.25) is 0 Å². The summed E-state index contributed by atoms with van der Waals surface area (Å²) in [6, 6.07) is 9.54. The molecule has 1 aliphatic carbocycles. The van der Waals surface area contributed by atoms with E-state index >= 15 is 0 Å². The average Bonchev–Trinajstić information content (AvgIpc) is 3.31. The minimum atomic E-state index is 0.636. The Morgan fingerprint density at radius 3 is 2.45 bits per heavy atom. The quantitative estimate of drug-likeness (QED) is 0.881. The van der Waals surface area contributed by atoms with E-state index in [4.69, 9.17) is 4.98 Å². The van der Waals surface area contributed by atoms with E-state index in [1.165, 1.54) is 62.9 Å². The lowest BCUT2D eigenvalue weighted by Crippen LogP contribution is -2.17. The zero-order valence-corrected chi connectivity index (χ0v) is 13.7. The third-order valence-corrected chi connectivity index (χ3v) is 5.59. The number of benzene rings is 1. The minimum Gasteiger partial charge on any atom is -0.372 e. The number of hydrogen-bond donors (Lipinski definition) is 1. The van der Waals surface area contributed by atoms with Gasteiger partial charge in [0.15, 0.2) is 5.13 Å². The summed E-state index contributed by atoms with van der Waals surface area (Å²) in [5, 5.41) is 6.83. The number of hydrogen-bond acceptors (Lipinski definition) is 4. The Balaban J connectivity index is 1.45. The van der Waals surface area contributed by atoms with Gasteiger partial charge in [0.1, 0.15) is 0 Å². The van der Waals surface area contributed by atoms with Crippen molar-refractivity contribution in [3.8, 4) is 11.3 Å². The van der Waals surface area contributed by atoms with E-state index in [0.717, 1.165) is 10.8 Å². The molecular weight excluding hydrogens is 290 g/mol. The highest BCUT2D eigenvalue weighted by atomic mass is 32.1. The monoisotopic (exact) mass is 313 g/mol. The summed E-state index contributed by atoms with van der Waals surface area (Å²) in [6.45, 7) is 2.40. The van der Waals surface area contributed by atoms with E-state index in [1.54, 1.807) is 11.3 Å². The Morgan fingerprint density at radius 2 is 1.73 bits per heavy atom. The highest BCUT2D eigenvalue weighted by Crippen LogP contribution is 2.30. The molecule has 2 aromatic rings. The average molecular weight is 313 g/mol. The fourth-order valence-corrected chi connectivity index (χ4v) is 4.33. The molecule has 22 heavy (non-hydrogen) atoms. The predicted molar refractivity (Wildman–Crippen MR) is 94.9 cm³/mol. The van der Waals surface area contributed by atoms with Gasteiger partial charge in [-0.1, -0.05) is 25.0 Å². The van der Waals surface area contributed by atoms with Gasteiger partial charge in [-0.15, -0.1) is 11.3 Å². The summed E-state index contributed by atoms with van der Waals surface area (Å²) < 4.78 is 0. The molecule has 0 unspecified atom stereocenters. The maximum Gasteiger partial charge on any atom is 0.183 e. The summed E-state index contributed by atoms with van der Waals surface area (Å²) in [5.74, 6) is 0. The van der Waals surface area contributed by atoms with Gasteiger partial charge in [-0.05, 0) is 37.8 Å². The van der Waals surface area contributed by atoms with Crippen LogP contribution in [0.3, 0.4) is 0 Å². The van der Waals surface area contributed by atoms with E-state index in [2.05, 4.69) is 39.9 Å². The largest absolute Gasteiger partial charge is 0.372 e. The lowest BCUT2D eigenvalue weighted by molar-refractivity contribution is 0.754. The zero-order valence-electron chi connectivity index (χ0n) is 12.9. The number of thiazole rings is 1. The van der Waals surface area contributed by atoms with Gasteiger partial charge in [0.25, 0.3) is 0 Å². The summed E-state index contributed by atoms with van der Waals surface area (Å²) in [7, 11) is 0. The molecule has 4 rings (SSSR count). The molecular formula is C18H23N3S. The van der Waals surface area contributed by atoms with Gasteiger partial charge in [0.05, 0.1) is 5.69 Å². The van der Waals surface area contributed by atoms with Crippen LogP contribution in [0, 0.1) is 0 Å². The molecule has 3 nitrogen and oxygen atoms in total. The molecule has 0 bridgehead atoms. The van der Waals surface area contributed by atoms with Crippen molar-refractivity contribution in [1.29, 1.82) is 0 Å². The zero-order chi connectivity index (χ0) is 14.8. The Bertz CT molecular complexity index is 608. The smallest absolute Gasteiger partial charge is 0.183 e. The van der Waals surface area contributed by atoms with Crippen LogP contribution < -0.4 is 10.2 Å². The lowest BCUT2D eigenvalue weighted by Gasteiger charge is -2.17. The highest BCUT2D eigenvalue weighted by Gasteiger charge is 2.16. The maximum absolute atomic E-state index is 4.76. The van der Waals surface area contributed by atoms with E-state index < -0.39 is 0 Å². The van der Waals surface area contributed by atoms with Crippen LogP contribution in [-0.2, 0) is 0 Å². The first-order valence-electron chi connectivity index (χ1n) is 8.46. The van der Waals surface area contributed by atoms with E-state index in [9.17, 15) is 0 Å². The molecule has 4 heteroatoms. The third kappa shape index (κ3) is 2.98. The van der Waals surface area contributed by atoms with Crippen LogP contribution in [0.25, 0.3) is 11.3 Å². The molecule has 0 atom stereocenters. The first-order chi connectivity index (χ1) is 10.9. The second kappa shape index (κ2) is 6.29. The minimum absolute atomic E-state index is 0.636. The van der Waals surface area contributed by atoms with Crippen LogP contribution in [0.1, 0.15) is 38.5 Å². The normalized spacial score (nSPS) is 19.0. The molecule has 1 N–H and O–H groups in total. The van der Waals surface area contributed by atoms with Gasteiger partial charge in [-0.25, -0.2) is 4.98 Å². The molecule has 0 radical (unpaired) electrons. The van der Waals surface area contributed by atoms with Crippen LogP contribution >= 0.6 is 11.3 Å². The van der Waals surface area contributed by atoms with Crippen molar-refractivity contribution in [2.45, 2.75) is 44.6 Å². The first kappa shape index (κ1) is 14.1. The Hall–Kier alpha value is -1.55. The van der Waals surface area contributed by atoms with Crippen molar-refractivity contribution in [2.24, 2.45) is 0 Å². The molecule has 1 saturated carbocycles. The number of rotatable bonds is 4. The van der Waals surface area contributed by atoms with E-state index in [0.29, 0.717) is 6.04 Å². The van der Waals surface area contributed by atoms with Crippen molar-refractivity contribution in [3.05, 3.63) is 29.6 Å². The van der Waals surface area contributed by atoms with Crippen LogP contribution in [0.15, 0.2) is 29.6 Å². The molecule has 1 aliphatic heterocycles. The molecule has 1 saturated heterocycles. The fourth-order valence-electron chi connectivity index (χ4n) is 3.54. The SMILES string of the molecule is c1cc(N2CCCC2)ccc1-c1csc(NC2CCCC2)n1. The van der Waals surface area contributed by atoms with Crippen LogP contribution in [0.5, 0.6) is 0 Å². The third-order valence-electron chi connectivity index (χ3n) is 4.82. The molecule has 2 heterocycles. The summed E-state index contributed by atoms with van der Waals surface area (Å²) in [5.41, 5.74) is 3.66. The van der Waals surface area contributed by atoms with Crippen LogP contribution in [-0.4, -0.2) is 24.1 Å². The molecule has 0 amide bonds. The van der Waals surface area contributed by atoms with Crippen molar-refractivity contribution < 1.29 is 0 Å². The van der Waals surface area contributed by atoms with Crippen molar-refractivity contribution in [1.82, 2.24) is 4.98 Å². The Kier molecular flexibility index (Phi) is 4.02. The molecule has 1 aromatic carbocycles. The van der Waals surface area contributed by atoms with Crippen LogP contribution in [0.2, 0.25) is 0 Å². The number of aromatic nitrogens is 1. The summed E-state index contributed by atoms with van der Waals surface area (Å²) >= 11 is 1.73. The second-order valence-corrected chi connectivity index (χ2v) is 7.26. The molecule has 0 spiro atoms. The number of nitrogens with zero attached hydrogens (tertiary/aromatic N) is 2. The highest BCUT2D eigenvalue weighted by molar-refractivity contribution is 7.14. The molecule has 2 fully saturated rings. The number of anilines is 2. The standard InChI is InChI=1S/C18H23N3S/c1-2-6-15(5-1)19-18-20-17(13-22-18)14-7-9-16(10-8-14)21-11-3-4-12-21/h7-10,13,15H,1-6,11-12H2,(H,19,20). The Morgan fingerprint density at radius 1 is 1.00 bits per heavy atom. The van der Waals surface area contributed by atoms with Crippen molar-refractivity contribution in [2.75, 3.05) is 23.3 Å². The molecule has 116 valence electrons. The fraction of sp³-hybridized carbons (Fsp3) is 0.500. The topological polar surface area (TPSA) is 28.2 Å². The predicted octanol–water partition coefficient (Wildman–Crippen LogP) is 4.76. The van der Waals surface area contributed by atoms with E-state index in [-0.39, 0.29) is 0 Å².